The highest BCUT2D eigenvalue weighted by Crippen LogP contribution is 2.48. The highest BCUT2D eigenvalue weighted by molar-refractivity contribution is 8.00. The third kappa shape index (κ3) is 6.54. The van der Waals surface area contributed by atoms with E-state index >= 15 is 0 Å². The molecule has 0 aromatic heterocycles. The van der Waals surface area contributed by atoms with Crippen molar-refractivity contribution in [2.24, 2.45) is 11.3 Å². The minimum Gasteiger partial charge on any atom is -0.480 e. The average molecular weight is 612 g/mol. The molecule has 222 valence electrons. The second-order valence-corrected chi connectivity index (χ2v) is 13.4. The number of quaternary nitrogens is 1. The van der Waals surface area contributed by atoms with Crippen molar-refractivity contribution < 1.29 is 29.0 Å². The van der Waals surface area contributed by atoms with E-state index in [-0.39, 0.29) is 23.5 Å². The number of carbonyl (C=O) groups is 4. The molecule has 3 aromatic rings. The Balaban J connectivity index is 1.98. The molecule has 4 rings (SSSR count). The quantitative estimate of drug-likeness (QED) is 0.226. The van der Waals surface area contributed by atoms with Gasteiger partial charge in [0.25, 0.3) is 0 Å². The van der Waals surface area contributed by atoms with E-state index in [1.165, 1.54) is 25.8 Å². The number of esters is 1. The van der Waals surface area contributed by atoms with Crippen molar-refractivity contribution in [3.8, 4) is 0 Å². The van der Waals surface area contributed by atoms with Crippen molar-refractivity contribution >= 4 is 63.5 Å². The molecule has 0 fully saturated rings. The average Bonchev–Trinajstić information content (AvgIpc) is 3.03. The summed E-state index contributed by atoms with van der Waals surface area (Å²) >= 11 is 8.03. The Kier molecular flexibility index (Phi) is 9.47. The summed E-state index contributed by atoms with van der Waals surface area (Å²) in [5.41, 5.74) is 4.97. The lowest BCUT2D eigenvalue weighted by atomic mass is 9.91. The molecule has 0 bridgehead atoms. The highest BCUT2D eigenvalue weighted by Gasteiger charge is 2.52. The van der Waals surface area contributed by atoms with Crippen LogP contribution >= 0.6 is 23.4 Å². The van der Waals surface area contributed by atoms with E-state index in [2.05, 4.69) is 5.43 Å². The lowest BCUT2D eigenvalue weighted by molar-refractivity contribution is -0.151. The lowest BCUT2D eigenvalue weighted by Crippen LogP contribution is -2.71. The smallest absolute Gasteiger partial charge is 0.347 e. The van der Waals surface area contributed by atoms with Crippen LogP contribution in [0.2, 0.25) is 5.02 Å². The van der Waals surface area contributed by atoms with Crippen LogP contribution in [0.4, 0.5) is 5.69 Å². The predicted molar refractivity (Wildman–Crippen MR) is 166 cm³/mol. The topological polar surface area (TPSA) is 110 Å². The van der Waals surface area contributed by atoms with Gasteiger partial charge in [0.2, 0.25) is 0 Å². The van der Waals surface area contributed by atoms with E-state index in [0.29, 0.717) is 10.7 Å². The molecule has 1 amide bonds. The van der Waals surface area contributed by atoms with Crippen molar-refractivity contribution in [1.82, 2.24) is 10.0 Å². The van der Waals surface area contributed by atoms with Crippen LogP contribution in [0.15, 0.2) is 60.7 Å². The summed E-state index contributed by atoms with van der Waals surface area (Å²) in [6, 6.07) is 17.8. The van der Waals surface area contributed by atoms with Gasteiger partial charge in [-0.2, -0.15) is 0 Å². The molecule has 3 aromatic carbocycles. The van der Waals surface area contributed by atoms with Crippen LogP contribution in [0.5, 0.6) is 0 Å². The summed E-state index contributed by atoms with van der Waals surface area (Å²) in [5.74, 6) is -4.05. The molecular weight excluding hydrogens is 576 g/mol. The molecular formula is C32H36ClN2O6S+. The number of hydrogen-bond donors (Lipinski definition) is 2. The fourth-order valence-corrected chi connectivity index (χ4v) is 7.16. The third-order valence-corrected chi connectivity index (χ3v) is 8.95. The minimum atomic E-state index is -1.56. The van der Waals surface area contributed by atoms with E-state index in [4.69, 9.17) is 16.3 Å². The van der Waals surface area contributed by atoms with Crippen LogP contribution < -0.4 is 10.0 Å². The Morgan fingerprint density at radius 1 is 1.10 bits per heavy atom. The Bertz CT molecular complexity index is 1530. The van der Waals surface area contributed by atoms with E-state index in [1.54, 1.807) is 12.1 Å². The molecule has 4 atom stereocenters. The Hall–Kier alpha value is -3.24. The number of Topliss-reactive ketones (excluding diaryl/α,β-unsaturated/α-hetero) is 1. The maximum atomic E-state index is 14.4. The highest BCUT2D eigenvalue weighted by atomic mass is 35.5. The number of halogens is 1. The maximum absolute atomic E-state index is 14.4. The van der Waals surface area contributed by atoms with Gasteiger partial charge in [0.1, 0.15) is 18.1 Å². The number of ether oxygens (including phenoxy) is 1. The van der Waals surface area contributed by atoms with Gasteiger partial charge in [-0.1, -0.05) is 74.8 Å². The normalized spacial score (nSPS) is 20.3. The first-order valence-electron chi connectivity index (χ1n) is 13.7. The number of rotatable bonds is 9. The van der Waals surface area contributed by atoms with Gasteiger partial charge in [-0.05, 0) is 35.4 Å². The number of aliphatic carboxylic acids is 1. The summed E-state index contributed by atoms with van der Waals surface area (Å²) in [6.07, 6.45) is -0.444. The summed E-state index contributed by atoms with van der Waals surface area (Å²) < 4.78 is 4.23. The molecule has 0 radical (unpaired) electrons. The Morgan fingerprint density at radius 3 is 2.43 bits per heavy atom. The molecule has 2 N–H and O–H groups in total. The number of nitrogens with zero attached hydrogens (tertiary/aromatic N) is 1. The first kappa shape index (κ1) is 31.7. The van der Waals surface area contributed by atoms with Crippen molar-refractivity contribution in [1.29, 1.82) is 0 Å². The molecule has 10 heteroatoms. The number of amides is 1. The molecule has 1 aliphatic heterocycles. The summed E-state index contributed by atoms with van der Waals surface area (Å²) in [5, 5.41) is 12.7. The van der Waals surface area contributed by atoms with E-state index in [0.717, 1.165) is 21.9 Å². The molecule has 1 heterocycles. The number of benzene rings is 3. The van der Waals surface area contributed by atoms with Gasteiger partial charge in [0, 0.05) is 22.1 Å². The number of carbonyl (C=O) groups excluding carboxylic acids is 3. The van der Waals surface area contributed by atoms with Crippen LogP contribution in [-0.2, 0) is 23.9 Å². The lowest BCUT2D eigenvalue weighted by Gasteiger charge is -2.41. The van der Waals surface area contributed by atoms with Crippen LogP contribution in [0.1, 0.15) is 50.5 Å². The van der Waals surface area contributed by atoms with Gasteiger partial charge in [0.05, 0.1) is 24.7 Å². The van der Waals surface area contributed by atoms with Gasteiger partial charge in [0.15, 0.2) is 11.7 Å². The number of methoxy groups -OCH3 is 1. The van der Waals surface area contributed by atoms with Gasteiger partial charge in [-0.3, -0.25) is 14.4 Å². The van der Waals surface area contributed by atoms with E-state index < -0.39 is 46.1 Å². The largest absolute Gasteiger partial charge is 0.480 e. The predicted octanol–water partition coefficient (Wildman–Crippen LogP) is 5.94. The number of hydrogen-bond acceptors (Lipinski definition) is 7. The van der Waals surface area contributed by atoms with Crippen LogP contribution in [-0.4, -0.2) is 54.2 Å². The second-order valence-electron chi connectivity index (χ2n) is 11.8. The molecule has 1 aliphatic rings. The van der Waals surface area contributed by atoms with Gasteiger partial charge >= 0.3 is 17.8 Å². The zero-order chi connectivity index (χ0) is 30.8. The van der Waals surface area contributed by atoms with Gasteiger partial charge < -0.3 is 9.84 Å². The molecule has 42 heavy (non-hydrogen) atoms. The van der Waals surface area contributed by atoms with Crippen molar-refractivity contribution in [3.05, 3.63) is 76.8 Å². The zero-order valence-electron chi connectivity index (χ0n) is 24.3. The zero-order valence-corrected chi connectivity index (χ0v) is 25.9. The van der Waals surface area contributed by atoms with Gasteiger partial charge in [-0.25, -0.2) is 4.79 Å². The maximum Gasteiger partial charge on any atom is 0.347 e. The first-order valence-corrected chi connectivity index (χ1v) is 15.1. The molecule has 0 spiro atoms. The standard InChI is InChI=1S/C32H35ClN2O6S/c1-19(36)24(16-28(38)41-5)29(31(39)40)34-35(18-32(2,3)4)26-14-13-21(33)15-25(26)30(42-17-27(35)37)23-12-8-10-20-9-6-7-11-22(20)23/h6-15,24,29-30,34H,16-18H2,1-5H3/p+1/t24?,29-,30+,35-/m0/s1. The van der Waals surface area contributed by atoms with Crippen LogP contribution in [0.3, 0.4) is 0 Å². The number of ketones is 1. The summed E-state index contributed by atoms with van der Waals surface area (Å²) in [6.45, 7) is 7.30. The molecule has 8 nitrogen and oxygen atoms in total. The monoisotopic (exact) mass is 611 g/mol. The molecule has 1 unspecified atom stereocenters. The van der Waals surface area contributed by atoms with Gasteiger partial charge in [-0.15, -0.1) is 21.8 Å². The number of nitrogens with one attached hydrogen (secondary N) is 1. The second kappa shape index (κ2) is 12.6. The Morgan fingerprint density at radius 2 is 1.79 bits per heavy atom. The first-order chi connectivity index (χ1) is 19.8. The SMILES string of the molecule is COC(=O)CC(C(C)=O)[C@H](N[N@+]1(CC(C)(C)C)C(=O)CS[C@H](c2cccc3ccccc23)c2cc(Cl)ccc21)C(=O)O. The Labute approximate surface area is 254 Å². The third-order valence-electron chi connectivity index (χ3n) is 7.46. The number of carboxylic acids is 1. The van der Waals surface area contributed by atoms with Crippen LogP contribution in [0.25, 0.3) is 10.8 Å². The van der Waals surface area contributed by atoms with E-state index in [9.17, 15) is 24.3 Å². The van der Waals surface area contributed by atoms with Crippen LogP contribution in [0, 0.1) is 11.3 Å². The number of carboxylic acid groups (broad SMARTS) is 1. The van der Waals surface area contributed by atoms with E-state index in [1.807, 2.05) is 69.3 Å². The molecule has 0 saturated carbocycles. The van der Waals surface area contributed by atoms with Crippen molar-refractivity contribution in [2.45, 2.75) is 45.4 Å². The minimum absolute atomic E-state index is 0.0529. The fourth-order valence-electron chi connectivity index (χ4n) is 5.69. The number of thioether (sulfide) groups is 1. The van der Waals surface area contributed by atoms with Crippen molar-refractivity contribution in [3.63, 3.8) is 0 Å². The fraction of sp³-hybridized carbons (Fsp3) is 0.375. The van der Waals surface area contributed by atoms with Crippen molar-refractivity contribution in [2.75, 3.05) is 19.4 Å². The molecule has 0 aliphatic carbocycles. The summed E-state index contributed by atoms with van der Waals surface area (Å²) in [4.78, 5) is 52.2. The number of fused-ring (bicyclic) bond motifs is 2. The molecule has 0 saturated heterocycles. The summed E-state index contributed by atoms with van der Waals surface area (Å²) in [7, 11) is 1.18.